The molecule has 0 amide bonds. The van der Waals surface area contributed by atoms with Crippen LogP contribution < -0.4 is 5.32 Å². The van der Waals surface area contributed by atoms with Crippen molar-refractivity contribution in [2.45, 2.75) is 13.0 Å². The van der Waals surface area contributed by atoms with E-state index in [0.29, 0.717) is 5.56 Å². The topological polar surface area (TPSA) is 25.2 Å². The SMILES string of the molecule is CCNC(c1ccoc1)c1c(F)cccc1Br. The van der Waals surface area contributed by atoms with Crippen LogP contribution in [-0.2, 0) is 0 Å². The van der Waals surface area contributed by atoms with Gasteiger partial charge in [0, 0.05) is 15.6 Å². The Kier molecular flexibility index (Phi) is 3.97. The molecule has 1 N–H and O–H groups in total. The van der Waals surface area contributed by atoms with Gasteiger partial charge in [-0.15, -0.1) is 0 Å². The molecule has 2 rings (SSSR count). The lowest BCUT2D eigenvalue weighted by molar-refractivity contribution is 0.537. The molecule has 0 radical (unpaired) electrons. The van der Waals surface area contributed by atoms with Gasteiger partial charge in [0.15, 0.2) is 0 Å². The third-order valence-corrected chi connectivity index (χ3v) is 3.26. The first-order valence-corrected chi connectivity index (χ1v) is 6.22. The van der Waals surface area contributed by atoms with Crippen LogP contribution in [0.4, 0.5) is 4.39 Å². The summed E-state index contributed by atoms with van der Waals surface area (Å²) in [6, 6.07) is 6.62. The van der Waals surface area contributed by atoms with Crippen LogP contribution in [0.1, 0.15) is 24.1 Å². The summed E-state index contributed by atoms with van der Waals surface area (Å²) in [5, 5.41) is 3.25. The molecule has 1 aromatic heterocycles. The molecule has 0 saturated heterocycles. The molecule has 2 nitrogen and oxygen atoms in total. The maximum absolute atomic E-state index is 13.9. The van der Waals surface area contributed by atoms with Crippen molar-refractivity contribution in [3.8, 4) is 0 Å². The number of hydrogen-bond donors (Lipinski definition) is 1. The van der Waals surface area contributed by atoms with Crippen molar-refractivity contribution in [1.82, 2.24) is 5.32 Å². The fraction of sp³-hybridized carbons (Fsp3) is 0.231. The normalized spacial score (nSPS) is 12.6. The Bertz CT molecular complexity index is 464. The molecule has 0 aliphatic rings. The van der Waals surface area contributed by atoms with Gasteiger partial charge in [0.1, 0.15) is 5.82 Å². The van der Waals surface area contributed by atoms with E-state index in [1.165, 1.54) is 6.07 Å². The summed E-state index contributed by atoms with van der Waals surface area (Å²) in [6.07, 6.45) is 3.22. The van der Waals surface area contributed by atoms with Crippen LogP contribution in [-0.4, -0.2) is 6.54 Å². The molecule has 2 aromatic rings. The Morgan fingerprint density at radius 2 is 2.24 bits per heavy atom. The fourth-order valence-electron chi connectivity index (χ4n) is 1.82. The van der Waals surface area contributed by atoms with Crippen LogP contribution in [0.25, 0.3) is 0 Å². The third-order valence-electron chi connectivity index (χ3n) is 2.57. The predicted molar refractivity (Wildman–Crippen MR) is 68.3 cm³/mol. The predicted octanol–water partition coefficient (Wildman–Crippen LogP) is 3.88. The number of rotatable bonds is 4. The molecule has 0 aliphatic carbocycles. The molecule has 0 aliphatic heterocycles. The molecule has 1 atom stereocenters. The van der Waals surface area contributed by atoms with Crippen molar-refractivity contribution < 1.29 is 8.81 Å². The zero-order chi connectivity index (χ0) is 12.3. The van der Waals surface area contributed by atoms with Gasteiger partial charge in [0.25, 0.3) is 0 Å². The molecule has 0 spiro atoms. The number of hydrogen-bond acceptors (Lipinski definition) is 2. The van der Waals surface area contributed by atoms with E-state index < -0.39 is 0 Å². The molecule has 1 unspecified atom stereocenters. The lowest BCUT2D eigenvalue weighted by Gasteiger charge is -2.19. The van der Waals surface area contributed by atoms with E-state index in [2.05, 4.69) is 21.2 Å². The molecule has 0 bridgehead atoms. The average Bonchev–Trinajstić information content (AvgIpc) is 2.80. The summed E-state index contributed by atoms with van der Waals surface area (Å²) < 4.78 is 19.7. The molecule has 0 saturated carbocycles. The van der Waals surface area contributed by atoms with Gasteiger partial charge in [0.05, 0.1) is 18.6 Å². The van der Waals surface area contributed by atoms with Crippen molar-refractivity contribution in [2.24, 2.45) is 0 Å². The Morgan fingerprint density at radius 3 is 2.82 bits per heavy atom. The summed E-state index contributed by atoms with van der Waals surface area (Å²) in [4.78, 5) is 0. The number of halogens is 2. The van der Waals surface area contributed by atoms with Gasteiger partial charge >= 0.3 is 0 Å². The second-order valence-electron chi connectivity index (χ2n) is 3.68. The fourth-order valence-corrected chi connectivity index (χ4v) is 2.39. The van der Waals surface area contributed by atoms with Crippen LogP contribution in [0.3, 0.4) is 0 Å². The molecule has 0 fully saturated rings. The second-order valence-corrected chi connectivity index (χ2v) is 4.54. The molecule has 4 heteroatoms. The Labute approximate surface area is 108 Å². The van der Waals surface area contributed by atoms with Crippen molar-refractivity contribution in [3.63, 3.8) is 0 Å². The van der Waals surface area contributed by atoms with Crippen LogP contribution >= 0.6 is 15.9 Å². The zero-order valence-corrected chi connectivity index (χ0v) is 11.0. The van der Waals surface area contributed by atoms with Gasteiger partial charge in [-0.3, -0.25) is 0 Å². The summed E-state index contributed by atoms with van der Waals surface area (Å²) in [5.41, 5.74) is 1.52. The van der Waals surface area contributed by atoms with Gasteiger partial charge in [-0.1, -0.05) is 28.9 Å². The van der Waals surface area contributed by atoms with Gasteiger partial charge in [-0.2, -0.15) is 0 Å². The van der Waals surface area contributed by atoms with Crippen LogP contribution in [0.2, 0.25) is 0 Å². The maximum atomic E-state index is 13.9. The monoisotopic (exact) mass is 297 g/mol. The minimum absolute atomic E-state index is 0.200. The highest BCUT2D eigenvalue weighted by molar-refractivity contribution is 9.10. The molecular formula is C13H13BrFNO. The van der Waals surface area contributed by atoms with Crippen LogP contribution in [0.5, 0.6) is 0 Å². The highest BCUT2D eigenvalue weighted by atomic mass is 79.9. The van der Waals surface area contributed by atoms with E-state index in [0.717, 1.165) is 16.6 Å². The van der Waals surface area contributed by atoms with E-state index in [1.54, 1.807) is 18.6 Å². The largest absolute Gasteiger partial charge is 0.472 e. The Morgan fingerprint density at radius 1 is 1.41 bits per heavy atom. The first-order chi connectivity index (χ1) is 8.24. The van der Waals surface area contributed by atoms with Gasteiger partial charge in [0.2, 0.25) is 0 Å². The second kappa shape index (κ2) is 5.47. The smallest absolute Gasteiger partial charge is 0.129 e. The van der Waals surface area contributed by atoms with Crippen molar-refractivity contribution in [3.05, 3.63) is 58.2 Å². The molecule has 17 heavy (non-hydrogen) atoms. The van der Waals surface area contributed by atoms with Crippen molar-refractivity contribution in [1.29, 1.82) is 0 Å². The van der Waals surface area contributed by atoms with Gasteiger partial charge < -0.3 is 9.73 Å². The van der Waals surface area contributed by atoms with Crippen molar-refractivity contribution in [2.75, 3.05) is 6.54 Å². The van der Waals surface area contributed by atoms with E-state index in [9.17, 15) is 4.39 Å². The quantitative estimate of drug-likeness (QED) is 0.926. The Balaban J connectivity index is 2.46. The zero-order valence-electron chi connectivity index (χ0n) is 9.41. The number of benzene rings is 1. The lowest BCUT2D eigenvalue weighted by atomic mass is 10.0. The van der Waals surface area contributed by atoms with E-state index in [-0.39, 0.29) is 11.9 Å². The summed E-state index contributed by atoms with van der Waals surface area (Å²) in [5.74, 6) is -0.230. The minimum Gasteiger partial charge on any atom is -0.472 e. The standard InChI is InChI=1S/C13H13BrFNO/c1-2-16-13(9-6-7-17-8-9)12-10(14)4-3-5-11(12)15/h3-8,13,16H,2H2,1H3. The van der Waals surface area contributed by atoms with Crippen molar-refractivity contribution >= 4 is 15.9 Å². The minimum atomic E-state index is -0.230. The highest BCUT2D eigenvalue weighted by Gasteiger charge is 2.20. The lowest BCUT2D eigenvalue weighted by Crippen LogP contribution is -2.23. The van der Waals surface area contributed by atoms with Gasteiger partial charge in [-0.25, -0.2) is 4.39 Å². The third kappa shape index (κ3) is 2.58. The number of furan rings is 1. The van der Waals surface area contributed by atoms with Crippen LogP contribution in [0, 0.1) is 5.82 Å². The molecule has 1 aromatic carbocycles. The van der Waals surface area contributed by atoms with Crippen LogP contribution in [0.15, 0.2) is 45.7 Å². The average molecular weight is 298 g/mol. The molecule has 90 valence electrons. The summed E-state index contributed by atoms with van der Waals surface area (Å²) in [6.45, 7) is 2.73. The Hall–Kier alpha value is -1.13. The number of nitrogens with one attached hydrogen (secondary N) is 1. The first-order valence-electron chi connectivity index (χ1n) is 5.43. The maximum Gasteiger partial charge on any atom is 0.129 e. The molecular weight excluding hydrogens is 285 g/mol. The van der Waals surface area contributed by atoms with E-state index >= 15 is 0 Å². The summed E-state index contributed by atoms with van der Waals surface area (Å²) >= 11 is 3.39. The van der Waals surface area contributed by atoms with Gasteiger partial charge in [-0.05, 0) is 24.7 Å². The molecule has 1 heterocycles. The first kappa shape index (κ1) is 12.3. The highest BCUT2D eigenvalue weighted by Crippen LogP contribution is 2.30. The summed E-state index contributed by atoms with van der Waals surface area (Å²) in [7, 11) is 0. The van der Waals surface area contributed by atoms with E-state index in [4.69, 9.17) is 4.42 Å². The van der Waals surface area contributed by atoms with E-state index in [1.807, 2.05) is 19.1 Å².